The zero-order chi connectivity index (χ0) is 28.1. The van der Waals surface area contributed by atoms with E-state index in [1.165, 1.54) is 6.20 Å². The molecule has 3 aromatic heterocycles. The van der Waals surface area contributed by atoms with E-state index in [-0.39, 0.29) is 23.1 Å². The molecule has 2 aromatic carbocycles. The lowest BCUT2D eigenvalue weighted by Gasteiger charge is -2.15. The Morgan fingerprint density at radius 2 is 1.85 bits per heavy atom. The number of rotatable bonds is 9. The van der Waals surface area contributed by atoms with Crippen LogP contribution < -0.4 is 16.2 Å². The van der Waals surface area contributed by atoms with Crippen molar-refractivity contribution in [3.05, 3.63) is 82.5 Å². The number of H-pyrrole nitrogens is 1. The number of anilines is 1. The van der Waals surface area contributed by atoms with Crippen LogP contribution in [0.15, 0.2) is 65.6 Å². The number of aryl methyl sites for hydroxylation is 1. The van der Waals surface area contributed by atoms with E-state index in [4.69, 9.17) is 4.98 Å². The van der Waals surface area contributed by atoms with Crippen molar-refractivity contribution in [1.82, 2.24) is 40.5 Å². The number of hydrogen-bond acceptors (Lipinski definition) is 7. The zero-order valence-corrected chi connectivity index (χ0v) is 22.7. The number of urea groups is 1. The van der Waals surface area contributed by atoms with Crippen LogP contribution in [0.5, 0.6) is 0 Å². The number of benzene rings is 2. The number of hydrogen-bond donors (Lipinski definition) is 3. The summed E-state index contributed by atoms with van der Waals surface area (Å²) >= 11 is 0. The topological polar surface area (TPSA) is 143 Å². The Hall–Kier alpha value is -4.93. The van der Waals surface area contributed by atoms with Crippen molar-refractivity contribution in [2.45, 2.75) is 52.6 Å². The minimum absolute atomic E-state index is 0.00587. The third-order valence-electron chi connectivity index (χ3n) is 6.43. The van der Waals surface area contributed by atoms with Crippen LogP contribution in [0.3, 0.4) is 0 Å². The standard InChI is InChI=1S/C29H31N9O2/c1-4-5-10-25-33-24-15-21(32-29(40)31-18(2)3)16-30-26(24)28(39)38(25)17-19-11-13-20(14-12-19)22-8-6-7-9-23(22)27-34-36-37-35-27/h6-9,11-16,18H,4-5,10,17H2,1-3H3,(H2,31,32,40)(H,34,35,36,37). The number of nitrogens with zero attached hydrogens (tertiary/aromatic N) is 6. The number of amides is 2. The molecule has 0 radical (unpaired) electrons. The van der Waals surface area contributed by atoms with Gasteiger partial charge in [-0.05, 0) is 48.2 Å². The smallest absolute Gasteiger partial charge is 0.319 e. The molecule has 5 aromatic rings. The van der Waals surface area contributed by atoms with Crippen molar-refractivity contribution in [3.8, 4) is 22.5 Å². The lowest BCUT2D eigenvalue weighted by molar-refractivity contribution is 0.250. The summed E-state index contributed by atoms with van der Waals surface area (Å²) in [6.45, 7) is 6.23. The third-order valence-corrected chi connectivity index (χ3v) is 6.43. The Kier molecular flexibility index (Phi) is 7.90. The molecule has 5 rings (SSSR count). The predicted molar refractivity (Wildman–Crippen MR) is 154 cm³/mol. The molecule has 0 saturated heterocycles. The zero-order valence-electron chi connectivity index (χ0n) is 22.7. The van der Waals surface area contributed by atoms with Crippen LogP contribution in [0.1, 0.15) is 45.0 Å². The molecule has 0 aliphatic carbocycles. The number of fused-ring (bicyclic) bond motifs is 1. The lowest BCUT2D eigenvalue weighted by atomic mass is 9.98. The van der Waals surface area contributed by atoms with Gasteiger partial charge >= 0.3 is 6.03 Å². The largest absolute Gasteiger partial charge is 0.336 e. The van der Waals surface area contributed by atoms with Crippen LogP contribution in [-0.2, 0) is 13.0 Å². The van der Waals surface area contributed by atoms with E-state index in [9.17, 15) is 9.59 Å². The fourth-order valence-electron chi connectivity index (χ4n) is 4.51. The molecule has 0 aliphatic heterocycles. The Bertz CT molecular complexity index is 1680. The van der Waals surface area contributed by atoms with Crippen molar-refractivity contribution < 1.29 is 4.79 Å². The normalized spacial score (nSPS) is 11.2. The Labute approximate surface area is 231 Å². The van der Waals surface area contributed by atoms with Crippen LogP contribution in [0.4, 0.5) is 10.5 Å². The third kappa shape index (κ3) is 5.88. The fourth-order valence-corrected chi connectivity index (χ4v) is 4.51. The summed E-state index contributed by atoms with van der Waals surface area (Å²) in [7, 11) is 0. The Morgan fingerprint density at radius 3 is 2.55 bits per heavy atom. The van der Waals surface area contributed by atoms with Crippen LogP contribution in [0, 0.1) is 0 Å². The van der Waals surface area contributed by atoms with Gasteiger partial charge in [-0.2, -0.15) is 5.21 Å². The van der Waals surface area contributed by atoms with Gasteiger partial charge in [-0.1, -0.05) is 61.9 Å². The van der Waals surface area contributed by atoms with Crippen molar-refractivity contribution in [3.63, 3.8) is 0 Å². The van der Waals surface area contributed by atoms with E-state index in [0.29, 0.717) is 35.8 Å². The first kappa shape index (κ1) is 26.7. The van der Waals surface area contributed by atoms with E-state index < -0.39 is 0 Å². The van der Waals surface area contributed by atoms with Gasteiger partial charge in [0.25, 0.3) is 5.56 Å². The van der Waals surface area contributed by atoms with Crippen LogP contribution in [-0.4, -0.2) is 47.2 Å². The summed E-state index contributed by atoms with van der Waals surface area (Å²) in [6, 6.07) is 17.3. The highest BCUT2D eigenvalue weighted by Gasteiger charge is 2.15. The van der Waals surface area contributed by atoms with Crippen molar-refractivity contribution in [2.75, 3.05) is 5.32 Å². The lowest BCUT2D eigenvalue weighted by Crippen LogP contribution is -2.34. The number of nitrogens with one attached hydrogen (secondary N) is 3. The maximum absolute atomic E-state index is 13.6. The maximum atomic E-state index is 13.6. The molecule has 204 valence electrons. The van der Waals surface area contributed by atoms with Gasteiger partial charge in [0.2, 0.25) is 5.82 Å². The fraction of sp³-hybridized carbons (Fsp3) is 0.276. The summed E-state index contributed by atoms with van der Waals surface area (Å²) in [5.41, 5.74) is 4.83. The van der Waals surface area contributed by atoms with Crippen LogP contribution in [0.2, 0.25) is 0 Å². The molecule has 40 heavy (non-hydrogen) atoms. The second-order valence-corrected chi connectivity index (χ2v) is 9.85. The molecule has 2 amide bonds. The predicted octanol–water partition coefficient (Wildman–Crippen LogP) is 4.56. The summed E-state index contributed by atoms with van der Waals surface area (Å²) in [5, 5.41) is 20.0. The average molecular weight is 538 g/mol. The first-order valence-electron chi connectivity index (χ1n) is 13.3. The van der Waals surface area contributed by atoms with E-state index in [1.807, 2.05) is 62.4 Å². The van der Waals surface area contributed by atoms with Crippen molar-refractivity contribution in [2.24, 2.45) is 0 Å². The van der Waals surface area contributed by atoms with Gasteiger partial charge in [0.05, 0.1) is 23.9 Å². The molecule has 3 N–H and O–H groups in total. The second-order valence-electron chi connectivity index (χ2n) is 9.85. The number of tetrazole rings is 1. The molecular formula is C29H31N9O2. The van der Waals surface area contributed by atoms with E-state index >= 15 is 0 Å². The molecule has 11 heteroatoms. The summed E-state index contributed by atoms with van der Waals surface area (Å²) < 4.78 is 1.70. The van der Waals surface area contributed by atoms with E-state index in [0.717, 1.165) is 35.1 Å². The van der Waals surface area contributed by atoms with Crippen molar-refractivity contribution >= 4 is 22.8 Å². The summed E-state index contributed by atoms with van der Waals surface area (Å²) in [4.78, 5) is 34.9. The highest BCUT2D eigenvalue weighted by molar-refractivity contribution is 5.91. The molecule has 0 aliphatic rings. The van der Waals surface area contributed by atoms with Crippen LogP contribution >= 0.6 is 0 Å². The molecule has 3 heterocycles. The maximum Gasteiger partial charge on any atom is 0.319 e. The highest BCUT2D eigenvalue weighted by Crippen LogP contribution is 2.29. The van der Waals surface area contributed by atoms with Gasteiger partial charge in [-0.25, -0.2) is 14.8 Å². The van der Waals surface area contributed by atoms with Gasteiger partial charge < -0.3 is 10.6 Å². The second kappa shape index (κ2) is 11.9. The summed E-state index contributed by atoms with van der Waals surface area (Å²) in [5.74, 6) is 1.22. The minimum Gasteiger partial charge on any atom is -0.336 e. The quantitative estimate of drug-likeness (QED) is 0.250. The average Bonchev–Trinajstić information content (AvgIpc) is 3.48. The number of carbonyl (C=O) groups is 1. The van der Waals surface area contributed by atoms with Gasteiger partial charge in [-0.3, -0.25) is 9.36 Å². The first-order chi connectivity index (χ1) is 19.4. The Balaban J connectivity index is 1.45. The molecular weight excluding hydrogens is 506 g/mol. The molecule has 0 saturated carbocycles. The highest BCUT2D eigenvalue weighted by atomic mass is 16.2. The Morgan fingerprint density at radius 1 is 1.07 bits per heavy atom. The molecule has 0 fully saturated rings. The van der Waals surface area contributed by atoms with Crippen LogP contribution in [0.25, 0.3) is 33.5 Å². The minimum atomic E-state index is -0.334. The number of aromatic amines is 1. The molecule has 0 atom stereocenters. The number of pyridine rings is 1. The van der Waals surface area contributed by atoms with Crippen molar-refractivity contribution in [1.29, 1.82) is 0 Å². The number of carbonyl (C=O) groups excluding carboxylic acids is 1. The number of aromatic nitrogens is 7. The van der Waals surface area contributed by atoms with Gasteiger partial charge in [0.15, 0.2) is 5.52 Å². The SMILES string of the molecule is CCCCc1nc2cc(NC(=O)NC(C)C)cnc2c(=O)n1Cc1ccc(-c2ccccc2-c2nn[nH]n2)cc1. The first-order valence-corrected chi connectivity index (χ1v) is 13.3. The molecule has 0 spiro atoms. The summed E-state index contributed by atoms with van der Waals surface area (Å²) in [6.07, 6.45) is 4.00. The monoisotopic (exact) mass is 537 g/mol. The van der Waals surface area contributed by atoms with Gasteiger partial charge in [-0.15, -0.1) is 10.2 Å². The number of unbranched alkanes of at least 4 members (excludes halogenated alkanes) is 1. The van der Waals surface area contributed by atoms with E-state index in [1.54, 1.807) is 10.6 Å². The molecule has 0 unspecified atom stereocenters. The van der Waals surface area contributed by atoms with E-state index in [2.05, 4.69) is 43.2 Å². The van der Waals surface area contributed by atoms with Gasteiger partial charge in [0, 0.05) is 18.0 Å². The van der Waals surface area contributed by atoms with Gasteiger partial charge in [0.1, 0.15) is 5.82 Å². The molecule has 11 nitrogen and oxygen atoms in total. The molecule has 0 bridgehead atoms.